The summed E-state index contributed by atoms with van der Waals surface area (Å²) >= 11 is 0. The number of piperidine rings is 1. The topological polar surface area (TPSA) is 40.6 Å². The highest BCUT2D eigenvalue weighted by molar-refractivity contribution is 6.00. The number of hydrogen-bond donors (Lipinski definition) is 0. The molecule has 118 valence electrons. The Hall–Kier alpha value is -1.84. The molecule has 2 heterocycles. The zero-order valence-electron chi connectivity index (χ0n) is 13.4. The largest absolute Gasteiger partial charge is 0.342 e. The number of carbonyl (C=O) groups excluding carboxylic acids is 2. The van der Waals surface area contributed by atoms with Gasteiger partial charge in [0.05, 0.1) is 5.92 Å². The average molecular weight is 300 g/mol. The fourth-order valence-electron chi connectivity index (χ4n) is 3.41. The van der Waals surface area contributed by atoms with E-state index in [0.717, 1.165) is 37.2 Å². The minimum atomic E-state index is -0.179. The zero-order chi connectivity index (χ0) is 15.7. The van der Waals surface area contributed by atoms with Crippen LogP contribution in [0.2, 0.25) is 0 Å². The van der Waals surface area contributed by atoms with Crippen molar-refractivity contribution in [1.82, 2.24) is 4.90 Å². The average Bonchev–Trinajstić information content (AvgIpc) is 2.89. The fourth-order valence-corrected chi connectivity index (χ4v) is 3.41. The molecule has 2 aliphatic heterocycles. The molecule has 0 radical (unpaired) electrons. The van der Waals surface area contributed by atoms with Crippen LogP contribution in [0, 0.1) is 18.8 Å². The molecule has 2 amide bonds. The number of carbonyl (C=O) groups is 2. The summed E-state index contributed by atoms with van der Waals surface area (Å²) in [5.41, 5.74) is 2.04. The quantitative estimate of drug-likeness (QED) is 0.842. The van der Waals surface area contributed by atoms with Crippen molar-refractivity contribution in [3.8, 4) is 0 Å². The molecule has 4 heteroatoms. The normalized spacial score (nSPS) is 23.2. The third-order valence-corrected chi connectivity index (χ3v) is 4.88. The molecule has 0 aromatic heterocycles. The molecule has 0 saturated carbocycles. The van der Waals surface area contributed by atoms with Crippen molar-refractivity contribution >= 4 is 17.5 Å². The van der Waals surface area contributed by atoms with Gasteiger partial charge in [-0.2, -0.15) is 0 Å². The van der Waals surface area contributed by atoms with Gasteiger partial charge in [-0.15, -0.1) is 0 Å². The highest BCUT2D eigenvalue weighted by atomic mass is 16.2. The Morgan fingerprint density at radius 1 is 1.23 bits per heavy atom. The second-order valence-electron chi connectivity index (χ2n) is 6.75. The van der Waals surface area contributed by atoms with Crippen LogP contribution in [0.15, 0.2) is 24.3 Å². The monoisotopic (exact) mass is 300 g/mol. The van der Waals surface area contributed by atoms with Gasteiger partial charge >= 0.3 is 0 Å². The first-order valence-electron chi connectivity index (χ1n) is 8.20. The van der Waals surface area contributed by atoms with Gasteiger partial charge in [-0.05, 0) is 43.4 Å². The van der Waals surface area contributed by atoms with Gasteiger partial charge in [0, 0.05) is 31.7 Å². The molecule has 2 fully saturated rings. The van der Waals surface area contributed by atoms with Crippen LogP contribution in [-0.4, -0.2) is 36.3 Å². The van der Waals surface area contributed by atoms with Crippen LogP contribution >= 0.6 is 0 Å². The molecular weight excluding hydrogens is 276 g/mol. The maximum atomic E-state index is 12.6. The second kappa shape index (κ2) is 6.11. The van der Waals surface area contributed by atoms with Gasteiger partial charge in [0.2, 0.25) is 11.8 Å². The Morgan fingerprint density at radius 2 is 1.95 bits per heavy atom. The molecule has 3 rings (SSSR count). The van der Waals surface area contributed by atoms with Crippen LogP contribution in [0.4, 0.5) is 5.69 Å². The van der Waals surface area contributed by atoms with Crippen molar-refractivity contribution in [1.29, 1.82) is 0 Å². The predicted octanol–water partition coefficient (Wildman–Crippen LogP) is 2.61. The molecule has 22 heavy (non-hydrogen) atoms. The SMILES string of the molecule is Cc1cccc(N2CC(C(=O)N3CCC(C)CC3)CC2=O)c1. The highest BCUT2D eigenvalue weighted by Gasteiger charge is 2.37. The standard InChI is InChI=1S/C18H24N2O2/c1-13-6-8-19(9-7-13)18(22)15-11-17(21)20(12-15)16-5-3-4-14(2)10-16/h3-5,10,13,15H,6-9,11-12H2,1-2H3. The van der Waals surface area contributed by atoms with E-state index in [4.69, 9.17) is 0 Å². The fraction of sp³-hybridized carbons (Fsp3) is 0.556. The molecule has 0 N–H and O–H groups in total. The lowest BCUT2D eigenvalue weighted by molar-refractivity contribution is -0.137. The van der Waals surface area contributed by atoms with Gasteiger partial charge in [0.15, 0.2) is 0 Å². The molecule has 0 aliphatic carbocycles. The Labute approximate surface area is 132 Å². The van der Waals surface area contributed by atoms with E-state index in [1.165, 1.54) is 0 Å². The molecule has 0 bridgehead atoms. The summed E-state index contributed by atoms with van der Waals surface area (Å²) in [6.07, 6.45) is 2.50. The third-order valence-electron chi connectivity index (χ3n) is 4.88. The van der Waals surface area contributed by atoms with Crippen molar-refractivity contribution in [3.05, 3.63) is 29.8 Å². The van der Waals surface area contributed by atoms with Gasteiger partial charge in [-0.3, -0.25) is 9.59 Å². The third kappa shape index (κ3) is 3.01. The van der Waals surface area contributed by atoms with Gasteiger partial charge in [-0.25, -0.2) is 0 Å². The Kier molecular flexibility index (Phi) is 4.19. The number of benzene rings is 1. The number of aryl methyl sites for hydroxylation is 1. The maximum absolute atomic E-state index is 12.6. The summed E-state index contributed by atoms with van der Waals surface area (Å²) in [4.78, 5) is 28.7. The first kappa shape index (κ1) is 15.1. The summed E-state index contributed by atoms with van der Waals surface area (Å²) in [5.74, 6) is 0.754. The lowest BCUT2D eigenvalue weighted by Gasteiger charge is -2.32. The number of amides is 2. The number of anilines is 1. The molecule has 2 aliphatic rings. The molecule has 1 aromatic rings. The summed E-state index contributed by atoms with van der Waals surface area (Å²) < 4.78 is 0. The summed E-state index contributed by atoms with van der Waals surface area (Å²) in [5, 5.41) is 0. The van der Waals surface area contributed by atoms with E-state index in [-0.39, 0.29) is 17.7 Å². The Balaban J connectivity index is 1.68. The van der Waals surface area contributed by atoms with E-state index in [0.29, 0.717) is 18.9 Å². The van der Waals surface area contributed by atoms with Gasteiger partial charge in [-0.1, -0.05) is 19.1 Å². The molecule has 1 atom stereocenters. The maximum Gasteiger partial charge on any atom is 0.228 e. The first-order chi connectivity index (χ1) is 10.5. The molecule has 0 spiro atoms. The Bertz CT molecular complexity index is 576. The molecule has 1 unspecified atom stereocenters. The second-order valence-corrected chi connectivity index (χ2v) is 6.75. The van der Waals surface area contributed by atoms with E-state index >= 15 is 0 Å². The van der Waals surface area contributed by atoms with E-state index in [1.54, 1.807) is 4.90 Å². The van der Waals surface area contributed by atoms with Crippen LogP contribution in [0.25, 0.3) is 0 Å². The molecular formula is C18H24N2O2. The lowest BCUT2D eigenvalue weighted by Crippen LogP contribution is -2.42. The van der Waals surface area contributed by atoms with Crippen molar-refractivity contribution in [3.63, 3.8) is 0 Å². The zero-order valence-corrected chi connectivity index (χ0v) is 13.4. The Morgan fingerprint density at radius 3 is 2.64 bits per heavy atom. The van der Waals surface area contributed by atoms with Crippen LogP contribution in [-0.2, 0) is 9.59 Å². The van der Waals surface area contributed by atoms with E-state index in [1.807, 2.05) is 36.1 Å². The number of likely N-dealkylation sites (tertiary alicyclic amines) is 1. The number of nitrogens with zero attached hydrogens (tertiary/aromatic N) is 2. The van der Waals surface area contributed by atoms with Gasteiger partial charge < -0.3 is 9.80 Å². The summed E-state index contributed by atoms with van der Waals surface area (Å²) in [7, 11) is 0. The molecule has 1 aromatic carbocycles. The van der Waals surface area contributed by atoms with Crippen molar-refractivity contribution in [2.75, 3.05) is 24.5 Å². The smallest absolute Gasteiger partial charge is 0.228 e. The van der Waals surface area contributed by atoms with Gasteiger partial charge in [0.25, 0.3) is 0 Å². The van der Waals surface area contributed by atoms with Crippen LogP contribution in [0.5, 0.6) is 0 Å². The highest BCUT2D eigenvalue weighted by Crippen LogP contribution is 2.28. The minimum Gasteiger partial charge on any atom is -0.342 e. The van der Waals surface area contributed by atoms with Crippen molar-refractivity contribution in [2.24, 2.45) is 11.8 Å². The summed E-state index contributed by atoms with van der Waals surface area (Å²) in [6.45, 7) is 6.46. The molecule has 4 nitrogen and oxygen atoms in total. The van der Waals surface area contributed by atoms with Crippen LogP contribution < -0.4 is 4.90 Å². The van der Waals surface area contributed by atoms with E-state index in [2.05, 4.69) is 6.92 Å². The number of hydrogen-bond acceptors (Lipinski definition) is 2. The van der Waals surface area contributed by atoms with Crippen LogP contribution in [0.3, 0.4) is 0 Å². The predicted molar refractivity (Wildman–Crippen MR) is 86.6 cm³/mol. The van der Waals surface area contributed by atoms with Crippen molar-refractivity contribution in [2.45, 2.75) is 33.1 Å². The lowest BCUT2D eigenvalue weighted by atomic mass is 9.97. The first-order valence-corrected chi connectivity index (χ1v) is 8.20. The minimum absolute atomic E-state index is 0.0642. The molecule has 2 saturated heterocycles. The van der Waals surface area contributed by atoms with E-state index in [9.17, 15) is 9.59 Å². The number of rotatable bonds is 2. The van der Waals surface area contributed by atoms with Crippen molar-refractivity contribution < 1.29 is 9.59 Å². The summed E-state index contributed by atoms with van der Waals surface area (Å²) in [6, 6.07) is 7.92. The van der Waals surface area contributed by atoms with Gasteiger partial charge in [0.1, 0.15) is 0 Å². The van der Waals surface area contributed by atoms with E-state index < -0.39 is 0 Å². The van der Waals surface area contributed by atoms with Crippen LogP contribution in [0.1, 0.15) is 31.7 Å².